The van der Waals surface area contributed by atoms with Gasteiger partial charge >= 0.3 is 0 Å². The maximum absolute atomic E-state index is 10.8. The van der Waals surface area contributed by atoms with Gasteiger partial charge in [-0.3, -0.25) is 10.1 Å². The Morgan fingerprint density at radius 2 is 2.16 bits per heavy atom. The number of nitro benzene ring substituents is 1. The zero-order chi connectivity index (χ0) is 14.1. The average molecular weight is 270 g/mol. The molecule has 1 aromatic carbocycles. The number of ether oxygens (including phenoxy) is 2. The quantitative estimate of drug-likeness (QED) is 0.400. The highest BCUT2D eigenvalue weighted by atomic mass is 16.6. The van der Waals surface area contributed by atoms with Crippen molar-refractivity contribution in [3.63, 3.8) is 0 Å². The molecule has 106 valence electrons. The van der Waals surface area contributed by atoms with Gasteiger partial charge in [0.05, 0.1) is 37.4 Å². The van der Waals surface area contributed by atoms with Gasteiger partial charge in [-0.25, -0.2) is 0 Å². The van der Waals surface area contributed by atoms with E-state index in [0.717, 1.165) is 0 Å². The Hall–Kier alpha value is -1.86. The van der Waals surface area contributed by atoms with E-state index < -0.39 is 4.92 Å². The summed E-state index contributed by atoms with van der Waals surface area (Å²) >= 11 is 0. The summed E-state index contributed by atoms with van der Waals surface area (Å²) in [6.45, 7) is 3.42. The molecular weight excluding hydrogens is 252 g/mol. The molecule has 0 heterocycles. The summed E-state index contributed by atoms with van der Waals surface area (Å²) in [4.78, 5) is 10.3. The van der Waals surface area contributed by atoms with E-state index in [0.29, 0.717) is 31.2 Å². The zero-order valence-electron chi connectivity index (χ0n) is 10.8. The van der Waals surface area contributed by atoms with Gasteiger partial charge in [-0.15, -0.1) is 0 Å². The number of nitrogens with zero attached hydrogens (tertiary/aromatic N) is 1. The zero-order valence-corrected chi connectivity index (χ0v) is 10.8. The molecule has 2 N–H and O–H groups in total. The lowest BCUT2D eigenvalue weighted by atomic mass is 10.2. The van der Waals surface area contributed by atoms with Crippen molar-refractivity contribution in [2.75, 3.05) is 38.3 Å². The van der Waals surface area contributed by atoms with Crippen LogP contribution in [0.5, 0.6) is 5.75 Å². The highest BCUT2D eigenvalue weighted by Crippen LogP contribution is 2.25. The number of nitrogens with one attached hydrogen (secondary N) is 1. The molecule has 19 heavy (non-hydrogen) atoms. The van der Waals surface area contributed by atoms with E-state index in [9.17, 15) is 10.1 Å². The molecule has 0 fully saturated rings. The van der Waals surface area contributed by atoms with Gasteiger partial charge in [0.25, 0.3) is 5.69 Å². The largest absolute Gasteiger partial charge is 0.494 e. The number of nitro groups is 1. The fourth-order valence-electron chi connectivity index (χ4n) is 1.47. The molecule has 7 nitrogen and oxygen atoms in total. The van der Waals surface area contributed by atoms with E-state index in [2.05, 4.69) is 5.32 Å². The number of hydrogen-bond acceptors (Lipinski definition) is 6. The molecule has 0 saturated heterocycles. The number of aliphatic hydroxyl groups is 1. The summed E-state index contributed by atoms with van der Waals surface area (Å²) in [6, 6.07) is 4.52. The molecule has 0 saturated carbocycles. The van der Waals surface area contributed by atoms with Crippen molar-refractivity contribution in [3.8, 4) is 5.75 Å². The van der Waals surface area contributed by atoms with Gasteiger partial charge in [-0.05, 0) is 6.92 Å². The minimum atomic E-state index is -0.462. The Morgan fingerprint density at radius 1 is 1.37 bits per heavy atom. The van der Waals surface area contributed by atoms with Crippen LogP contribution in [0.15, 0.2) is 18.2 Å². The van der Waals surface area contributed by atoms with Crippen molar-refractivity contribution in [1.29, 1.82) is 0 Å². The van der Waals surface area contributed by atoms with Crippen LogP contribution in [-0.2, 0) is 4.74 Å². The molecule has 0 aliphatic heterocycles. The van der Waals surface area contributed by atoms with Crippen LogP contribution in [0.2, 0.25) is 0 Å². The molecular formula is C12H18N2O5. The van der Waals surface area contributed by atoms with E-state index in [1.54, 1.807) is 6.07 Å². The number of non-ortho nitro benzene ring substituents is 1. The maximum Gasteiger partial charge on any atom is 0.275 e. The maximum atomic E-state index is 10.8. The third kappa shape index (κ3) is 5.54. The van der Waals surface area contributed by atoms with Crippen LogP contribution in [0.4, 0.5) is 11.4 Å². The van der Waals surface area contributed by atoms with Crippen LogP contribution in [-0.4, -0.2) is 43.0 Å². The predicted molar refractivity (Wildman–Crippen MR) is 70.7 cm³/mol. The number of hydrogen-bond donors (Lipinski definition) is 2. The minimum absolute atomic E-state index is 0.0225. The lowest BCUT2D eigenvalue weighted by molar-refractivity contribution is -0.384. The average Bonchev–Trinajstić information content (AvgIpc) is 2.38. The molecule has 0 atom stereocenters. The van der Waals surface area contributed by atoms with E-state index in [4.69, 9.17) is 14.6 Å². The summed E-state index contributed by atoms with van der Waals surface area (Å²) < 4.78 is 10.4. The van der Waals surface area contributed by atoms with Gasteiger partial charge in [0.15, 0.2) is 0 Å². The third-order valence-corrected chi connectivity index (χ3v) is 2.22. The number of rotatable bonds is 9. The normalized spacial score (nSPS) is 10.2. The van der Waals surface area contributed by atoms with E-state index in [1.807, 2.05) is 6.92 Å². The summed E-state index contributed by atoms with van der Waals surface area (Å²) in [7, 11) is 0. The van der Waals surface area contributed by atoms with Gasteiger partial charge in [-0.1, -0.05) is 0 Å². The van der Waals surface area contributed by atoms with Crippen LogP contribution in [0.1, 0.15) is 6.92 Å². The van der Waals surface area contributed by atoms with Gasteiger partial charge in [0.2, 0.25) is 0 Å². The first-order chi connectivity index (χ1) is 9.17. The molecule has 0 amide bonds. The Labute approximate surface area is 111 Å². The Bertz CT molecular complexity index is 411. The van der Waals surface area contributed by atoms with Crippen molar-refractivity contribution in [2.24, 2.45) is 0 Å². The Kier molecular flexibility index (Phi) is 6.62. The second-order valence-electron chi connectivity index (χ2n) is 3.67. The van der Waals surface area contributed by atoms with Crippen LogP contribution in [0.3, 0.4) is 0 Å². The summed E-state index contributed by atoms with van der Waals surface area (Å²) in [5.41, 5.74) is 0.579. The molecule has 7 heteroatoms. The molecule has 0 aliphatic rings. The molecule has 0 aliphatic carbocycles. The Balaban J connectivity index is 2.62. The van der Waals surface area contributed by atoms with E-state index in [-0.39, 0.29) is 18.9 Å². The summed E-state index contributed by atoms with van der Waals surface area (Å²) in [5, 5.41) is 22.3. The molecule has 0 radical (unpaired) electrons. The predicted octanol–water partition coefficient (Wildman–Crippen LogP) is 1.41. The third-order valence-electron chi connectivity index (χ3n) is 2.22. The first kappa shape index (κ1) is 15.2. The fraction of sp³-hybridized carbons (Fsp3) is 0.500. The van der Waals surface area contributed by atoms with Crippen molar-refractivity contribution < 1.29 is 19.5 Å². The van der Waals surface area contributed by atoms with E-state index in [1.165, 1.54) is 12.1 Å². The molecule has 0 spiro atoms. The highest BCUT2D eigenvalue weighted by molar-refractivity contribution is 5.56. The lowest BCUT2D eigenvalue weighted by Gasteiger charge is -2.09. The van der Waals surface area contributed by atoms with E-state index >= 15 is 0 Å². The second-order valence-corrected chi connectivity index (χ2v) is 3.67. The standard InChI is InChI=1S/C12H18N2O5/c1-2-19-12-8-10(7-11(9-12)14(16)17)13-3-5-18-6-4-15/h7-9,13,15H,2-6H2,1H3. The smallest absolute Gasteiger partial charge is 0.275 e. The van der Waals surface area contributed by atoms with Gasteiger partial charge < -0.3 is 19.9 Å². The van der Waals surface area contributed by atoms with Crippen LogP contribution >= 0.6 is 0 Å². The first-order valence-corrected chi connectivity index (χ1v) is 6.02. The lowest BCUT2D eigenvalue weighted by Crippen LogP contribution is -2.11. The Morgan fingerprint density at radius 3 is 2.79 bits per heavy atom. The van der Waals surface area contributed by atoms with Crippen molar-refractivity contribution in [3.05, 3.63) is 28.3 Å². The highest BCUT2D eigenvalue weighted by Gasteiger charge is 2.10. The first-order valence-electron chi connectivity index (χ1n) is 6.02. The number of anilines is 1. The van der Waals surface area contributed by atoms with Crippen molar-refractivity contribution in [1.82, 2.24) is 0 Å². The molecule has 0 aromatic heterocycles. The topological polar surface area (TPSA) is 93.9 Å². The molecule has 0 unspecified atom stereocenters. The fourth-order valence-corrected chi connectivity index (χ4v) is 1.47. The number of aliphatic hydroxyl groups excluding tert-OH is 1. The van der Waals surface area contributed by atoms with Gasteiger partial charge in [0.1, 0.15) is 5.75 Å². The number of benzene rings is 1. The molecule has 1 aromatic rings. The summed E-state index contributed by atoms with van der Waals surface area (Å²) in [5.74, 6) is 0.454. The van der Waals surface area contributed by atoms with Gasteiger partial charge in [0, 0.05) is 24.4 Å². The monoisotopic (exact) mass is 270 g/mol. The summed E-state index contributed by atoms with van der Waals surface area (Å²) in [6.07, 6.45) is 0. The minimum Gasteiger partial charge on any atom is -0.494 e. The second kappa shape index (κ2) is 8.28. The van der Waals surface area contributed by atoms with Crippen LogP contribution < -0.4 is 10.1 Å². The van der Waals surface area contributed by atoms with Crippen LogP contribution in [0, 0.1) is 10.1 Å². The molecule has 1 rings (SSSR count). The molecule has 0 bridgehead atoms. The SMILES string of the molecule is CCOc1cc(NCCOCCO)cc([N+](=O)[O-])c1. The van der Waals surface area contributed by atoms with Crippen molar-refractivity contribution >= 4 is 11.4 Å². The van der Waals surface area contributed by atoms with Crippen LogP contribution in [0.25, 0.3) is 0 Å². The van der Waals surface area contributed by atoms with Crippen molar-refractivity contribution in [2.45, 2.75) is 6.92 Å². The van der Waals surface area contributed by atoms with Gasteiger partial charge in [-0.2, -0.15) is 0 Å².